The summed E-state index contributed by atoms with van der Waals surface area (Å²) < 4.78 is 10.7. The van der Waals surface area contributed by atoms with Crippen molar-refractivity contribution in [2.24, 2.45) is 0 Å². The SMILES string of the molecule is CCN(CC)C(=O)C(C)Oc1ccc(OC)cc1C=O. The number of amides is 1. The molecule has 0 N–H and O–H groups in total. The van der Waals surface area contributed by atoms with Crippen molar-refractivity contribution in [1.29, 1.82) is 0 Å². The molecule has 1 amide bonds. The molecule has 1 aromatic carbocycles. The average molecular weight is 279 g/mol. The molecule has 5 nitrogen and oxygen atoms in total. The van der Waals surface area contributed by atoms with Gasteiger partial charge in [-0.1, -0.05) is 0 Å². The van der Waals surface area contributed by atoms with Crippen molar-refractivity contribution >= 4 is 12.2 Å². The number of likely N-dealkylation sites (N-methyl/N-ethyl adjacent to an activating group) is 1. The van der Waals surface area contributed by atoms with Crippen molar-refractivity contribution in [3.05, 3.63) is 23.8 Å². The van der Waals surface area contributed by atoms with E-state index in [1.165, 1.54) is 7.11 Å². The molecule has 0 saturated heterocycles. The summed E-state index contributed by atoms with van der Waals surface area (Å²) in [7, 11) is 1.52. The van der Waals surface area contributed by atoms with Gasteiger partial charge in [-0.25, -0.2) is 0 Å². The van der Waals surface area contributed by atoms with Gasteiger partial charge in [0.25, 0.3) is 5.91 Å². The molecule has 1 rings (SSSR count). The number of carbonyl (C=O) groups is 2. The molecular formula is C15H21NO4. The predicted octanol–water partition coefficient (Wildman–Crippen LogP) is 2.14. The number of aldehydes is 1. The first-order valence-corrected chi connectivity index (χ1v) is 6.66. The summed E-state index contributed by atoms with van der Waals surface area (Å²) in [6, 6.07) is 4.91. The van der Waals surface area contributed by atoms with Gasteiger partial charge in [-0.15, -0.1) is 0 Å². The van der Waals surface area contributed by atoms with Crippen LogP contribution in [0.25, 0.3) is 0 Å². The molecule has 0 aliphatic heterocycles. The van der Waals surface area contributed by atoms with Gasteiger partial charge < -0.3 is 14.4 Å². The van der Waals surface area contributed by atoms with Crippen molar-refractivity contribution in [3.63, 3.8) is 0 Å². The molecular weight excluding hydrogens is 258 g/mol. The first-order valence-electron chi connectivity index (χ1n) is 6.66. The summed E-state index contributed by atoms with van der Waals surface area (Å²) in [5.41, 5.74) is 0.364. The molecule has 0 heterocycles. The first-order chi connectivity index (χ1) is 9.57. The van der Waals surface area contributed by atoms with Crippen LogP contribution >= 0.6 is 0 Å². The van der Waals surface area contributed by atoms with Gasteiger partial charge in [0.15, 0.2) is 12.4 Å². The van der Waals surface area contributed by atoms with Gasteiger partial charge in [-0.3, -0.25) is 9.59 Å². The Bertz CT molecular complexity index is 469. The quantitative estimate of drug-likeness (QED) is 0.718. The Kier molecular flexibility index (Phi) is 6.03. The minimum absolute atomic E-state index is 0.0948. The minimum atomic E-state index is -0.637. The average Bonchev–Trinajstić information content (AvgIpc) is 2.48. The van der Waals surface area contributed by atoms with E-state index in [0.29, 0.717) is 36.4 Å². The number of benzene rings is 1. The fourth-order valence-corrected chi connectivity index (χ4v) is 1.89. The maximum absolute atomic E-state index is 12.1. The number of hydrogen-bond acceptors (Lipinski definition) is 4. The second-order valence-electron chi connectivity index (χ2n) is 4.29. The highest BCUT2D eigenvalue weighted by Gasteiger charge is 2.20. The lowest BCUT2D eigenvalue weighted by atomic mass is 10.2. The Labute approximate surface area is 119 Å². The van der Waals surface area contributed by atoms with E-state index in [4.69, 9.17) is 9.47 Å². The number of methoxy groups -OCH3 is 1. The number of hydrogen-bond donors (Lipinski definition) is 0. The van der Waals surface area contributed by atoms with Gasteiger partial charge in [-0.2, -0.15) is 0 Å². The van der Waals surface area contributed by atoms with Gasteiger partial charge in [0.1, 0.15) is 11.5 Å². The fraction of sp³-hybridized carbons (Fsp3) is 0.467. The van der Waals surface area contributed by atoms with E-state index in [9.17, 15) is 9.59 Å². The van der Waals surface area contributed by atoms with Crippen molar-refractivity contribution in [3.8, 4) is 11.5 Å². The summed E-state index contributed by atoms with van der Waals surface area (Å²) in [6.45, 7) is 6.77. The van der Waals surface area contributed by atoms with Crippen LogP contribution in [0.5, 0.6) is 11.5 Å². The third-order valence-electron chi connectivity index (χ3n) is 3.07. The molecule has 0 radical (unpaired) electrons. The van der Waals surface area contributed by atoms with Gasteiger partial charge in [0.2, 0.25) is 0 Å². The van der Waals surface area contributed by atoms with E-state index in [1.54, 1.807) is 30.0 Å². The smallest absolute Gasteiger partial charge is 0.263 e. The van der Waals surface area contributed by atoms with Crippen LogP contribution in [0.4, 0.5) is 0 Å². The molecule has 0 bridgehead atoms. The maximum atomic E-state index is 12.1. The van der Waals surface area contributed by atoms with Crippen molar-refractivity contribution < 1.29 is 19.1 Å². The van der Waals surface area contributed by atoms with Gasteiger partial charge in [-0.05, 0) is 39.0 Å². The summed E-state index contributed by atoms with van der Waals surface area (Å²) >= 11 is 0. The molecule has 0 aliphatic carbocycles. The highest BCUT2D eigenvalue weighted by Crippen LogP contribution is 2.23. The molecule has 110 valence electrons. The Morgan fingerprint density at radius 3 is 2.50 bits per heavy atom. The first kappa shape index (κ1) is 16.0. The summed E-state index contributed by atoms with van der Waals surface area (Å²) in [6.07, 6.45) is 0.0499. The number of carbonyl (C=O) groups excluding carboxylic acids is 2. The van der Waals surface area contributed by atoms with Crippen LogP contribution in [0.1, 0.15) is 31.1 Å². The Morgan fingerprint density at radius 1 is 1.35 bits per heavy atom. The Balaban J connectivity index is 2.87. The summed E-state index contributed by atoms with van der Waals surface area (Å²) in [4.78, 5) is 24.9. The largest absolute Gasteiger partial charge is 0.497 e. The standard InChI is InChI=1S/C15H21NO4/c1-5-16(6-2)15(18)11(3)20-14-8-7-13(19-4)9-12(14)10-17/h7-11H,5-6H2,1-4H3. The van der Waals surface area contributed by atoms with Gasteiger partial charge >= 0.3 is 0 Å². The van der Waals surface area contributed by atoms with E-state index in [1.807, 2.05) is 13.8 Å². The molecule has 20 heavy (non-hydrogen) atoms. The van der Waals surface area contributed by atoms with E-state index >= 15 is 0 Å². The topological polar surface area (TPSA) is 55.8 Å². The third-order valence-corrected chi connectivity index (χ3v) is 3.07. The normalized spacial score (nSPS) is 11.6. The molecule has 0 aliphatic rings. The zero-order valence-corrected chi connectivity index (χ0v) is 12.4. The second kappa shape index (κ2) is 7.53. The molecule has 1 atom stereocenters. The van der Waals surface area contributed by atoms with Crippen LogP contribution in [0.15, 0.2) is 18.2 Å². The molecule has 1 aromatic rings. The Hall–Kier alpha value is -2.04. The molecule has 0 aromatic heterocycles. The molecule has 0 spiro atoms. The molecule has 0 saturated carbocycles. The highest BCUT2D eigenvalue weighted by molar-refractivity contribution is 5.83. The number of rotatable bonds is 7. The van der Waals surface area contributed by atoms with Crippen LogP contribution < -0.4 is 9.47 Å². The van der Waals surface area contributed by atoms with Gasteiger partial charge in [0, 0.05) is 13.1 Å². The zero-order chi connectivity index (χ0) is 15.1. The van der Waals surface area contributed by atoms with Crippen LogP contribution in [0.3, 0.4) is 0 Å². The highest BCUT2D eigenvalue weighted by atomic mass is 16.5. The Morgan fingerprint density at radius 2 is 2.00 bits per heavy atom. The summed E-state index contributed by atoms with van der Waals surface area (Å²) in [5.74, 6) is 0.860. The number of nitrogens with zero attached hydrogens (tertiary/aromatic N) is 1. The van der Waals surface area contributed by atoms with Crippen molar-refractivity contribution in [1.82, 2.24) is 4.90 Å². The number of ether oxygens (including phenoxy) is 2. The zero-order valence-electron chi connectivity index (χ0n) is 12.4. The van der Waals surface area contributed by atoms with Crippen LogP contribution in [-0.2, 0) is 4.79 Å². The minimum Gasteiger partial charge on any atom is -0.497 e. The molecule has 1 unspecified atom stereocenters. The summed E-state index contributed by atoms with van der Waals surface area (Å²) in [5, 5.41) is 0. The van der Waals surface area contributed by atoms with E-state index in [-0.39, 0.29) is 5.91 Å². The van der Waals surface area contributed by atoms with E-state index in [0.717, 1.165) is 0 Å². The third kappa shape index (κ3) is 3.73. The van der Waals surface area contributed by atoms with Crippen LogP contribution in [-0.4, -0.2) is 43.4 Å². The monoisotopic (exact) mass is 279 g/mol. The lowest BCUT2D eigenvalue weighted by molar-refractivity contribution is -0.137. The molecule has 5 heteroatoms. The van der Waals surface area contributed by atoms with Crippen molar-refractivity contribution in [2.75, 3.05) is 20.2 Å². The van der Waals surface area contributed by atoms with Crippen LogP contribution in [0, 0.1) is 0 Å². The van der Waals surface area contributed by atoms with Crippen molar-refractivity contribution in [2.45, 2.75) is 26.9 Å². The lowest BCUT2D eigenvalue weighted by Crippen LogP contribution is -2.40. The van der Waals surface area contributed by atoms with E-state index in [2.05, 4.69) is 0 Å². The van der Waals surface area contributed by atoms with E-state index < -0.39 is 6.10 Å². The maximum Gasteiger partial charge on any atom is 0.263 e. The predicted molar refractivity (Wildman–Crippen MR) is 76.4 cm³/mol. The lowest BCUT2D eigenvalue weighted by Gasteiger charge is -2.23. The second-order valence-corrected chi connectivity index (χ2v) is 4.29. The van der Waals surface area contributed by atoms with Gasteiger partial charge in [0.05, 0.1) is 12.7 Å². The molecule has 0 fully saturated rings. The van der Waals surface area contributed by atoms with Crippen LogP contribution in [0.2, 0.25) is 0 Å². The fourth-order valence-electron chi connectivity index (χ4n) is 1.89.